The Morgan fingerprint density at radius 1 is 1.00 bits per heavy atom. The third kappa shape index (κ3) is 3.28. The van der Waals surface area contributed by atoms with E-state index in [9.17, 15) is 15.0 Å². The second kappa shape index (κ2) is 6.80. The molecular formula is C18H18O4. The molecule has 0 aliphatic heterocycles. The smallest absolute Gasteiger partial charge is 0.334 e. The summed E-state index contributed by atoms with van der Waals surface area (Å²) in [6.07, 6.45) is 0.763. The third-order valence-electron chi connectivity index (χ3n) is 3.42. The van der Waals surface area contributed by atoms with Gasteiger partial charge in [-0.3, -0.25) is 0 Å². The van der Waals surface area contributed by atoms with Crippen molar-refractivity contribution in [1.82, 2.24) is 0 Å². The number of aromatic hydroxyl groups is 2. The topological polar surface area (TPSA) is 66.8 Å². The first-order chi connectivity index (χ1) is 10.5. The molecule has 0 radical (unpaired) electrons. The quantitative estimate of drug-likeness (QED) is 0.667. The van der Waals surface area contributed by atoms with E-state index in [1.165, 1.54) is 12.1 Å². The lowest BCUT2D eigenvalue weighted by molar-refractivity contribution is -0.142. The van der Waals surface area contributed by atoms with Crippen LogP contribution in [0, 0.1) is 0 Å². The normalized spacial score (nSPS) is 11.5. The van der Waals surface area contributed by atoms with Gasteiger partial charge in [-0.05, 0) is 26.0 Å². The van der Waals surface area contributed by atoms with Crippen LogP contribution in [0.5, 0.6) is 11.5 Å². The fraction of sp³-hybridized carbons (Fsp3) is 0.167. The summed E-state index contributed by atoms with van der Waals surface area (Å²) in [5.74, 6) is -0.498. The van der Waals surface area contributed by atoms with Crippen LogP contribution in [0.15, 0.2) is 60.2 Å². The van der Waals surface area contributed by atoms with Gasteiger partial charge < -0.3 is 14.9 Å². The van der Waals surface area contributed by atoms with Gasteiger partial charge in [-0.15, -0.1) is 0 Å². The average molecular weight is 298 g/mol. The fourth-order valence-corrected chi connectivity index (χ4v) is 2.03. The number of ether oxygens (including phenoxy) is 1. The zero-order valence-corrected chi connectivity index (χ0v) is 12.5. The highest BCUT2D eigenvalue weighted by molar-refractivity contribution is 5.88. The summed E-state index contributed by atoms with van der Waals surface area (Å²) in [7, 11) is 0. The SMILES string of the molecule is CC=C(C)C(=O)OC(c1ccccc1O)c1ccccc1O. The van der Waals surface area contributed by atoms with E-state index in [4.69, 9.17) is 4.74 Å². The summed E-state index contributed by atoms with van der Waals surface area (Å²) in [6, 6.07) is 13.2. The van der Waals surface area contributed by atoms with Crippen molar-refractivity contribution in [2.75, 3.05) is 0 Å². The molecule has 22 heavy (non-hydrogen) atoms. The van der Waals surface area contributed by atoms with E-state index in [1.54, 1.807) is 56.3 Å². The molecule has 0 bridgehead atoms. The number of phenolic OH excluding ortho intramolecular Hbond substituents is 2. The van der Waals surface area contributed by atoms with E-state index in [0.717, 1.165) is 0 Å². The number of benzene rings is 2. The average Bonchev–Trinajstić information content (AvgIpc) is 2.53. The predicted molar refractivity (Wildman–Crippen MR) is 83.6 cm³/mol. The number of para-hydroxylation sites is 2. The van der Waals surface area contributed by atoms with Gasteiger partial charge in [0.05, 0.1) is 0 Å². The second-order valence-electron chi connectivity index (χ2n) is 4.87. The summed E-state index contributed by atoms with van der Waals surface area (Å²) < 4.78 is 5.51. The number of hydrogen-bond acceptors (Lipinski definition) is 4. The van der Waals surface area contributed by atoms with Crippen LogP contribution in [0.25, 0.3) is 0 Å². The van der Waals surface area contributed by atoms with E-state index in [-0.39, 0.29) is 11.5 Å². The van der Waals surface area contributed by atoms with Gasteiger partial charge >= 0.3 is 5.97 Å². The Kier molecular flexibility index (Phi) is 4.84. The van der Waals surface area contributed by atoms with E-state index >= 15 is 0 Å². The summed E-state index contributed by atoms with van der Waals surface area (Å²) in [4.78, 5) is 12.1. The lowest BCUT2D eigenvalue weighted by Gasteiger charge is -2.20. The molecule has 0 aliphatic carbocycles. The van der Waals surface area contributed by atoms with Crippen molar-refractivity contribution < 1.29 is 19.7 Å². The lowest BCUT2D eigenvalue weighted by Crippen LogP contribution is -2.14. The van der Waals surface area contributed by atoms with E-state index < -0.39 is 12.1 Å². The molecule has 0 heterocycles. The molecule has 0 aliphatic rings. The Morgan fingerprint density at radius 3 is 1.86 bits per heavy atom. The summed E-state index contributed by atoms with van der Waals surface area (Å²) in [5, 5.41) is 20.1. The van der Waals surface area contributed by atoms with Crippen LogP contribution in [-0.4, -0.2) is 16.2 Å². The predicted octanol–water partition coefficient (Wildman–Crippen LogP) is 3.70. The third-order valence-corrected chi connectivity index (χ3v) is 3.42. The van der Waals surface area contributed by atoms with Crippen LogP contribution in [-0.2, 0) is 9.53 Å². The Morgan fingerprint density at radius 2 is 1.45 bits per heavy atom. The molecule has 0 fully saturated rings. The van der Waals surface area contributed by atoms with Crippen molar-refractivity contribution in [2.45, 2.75) is 20.0 Å². The maximum Gasteiger partial charge on any atom is 0.334 e. The highest BCUT2D eigenvalue weighted by Crippen LogP contribution is 2.36. The molecule has 4 heteroatoms. The number of carbonyl (C=O) groups excluding carboxylic acids is 1. The molecule has 0 spiro atoms. The molecule has 0 saturated heterocycles. The molecule has 0 atom stereocenters. The van der Waals surface area contributed by atoms with Crippen molar-refractivity contribution in [2.24, 2.45) is 0 Å². The minimum absolute atomic E-state index is 0.00156. The highest BCUT2D eigenvalue weighted by atomic mass is 16.5. The van der Waals surface area contributed by atoms with Gasteiger partial charge in [0, 0.05) is 16.7 Å². The molecule has 2 aromatic carbocycles. The maximum atomic E-state index is 12.1. The molecule has 0 amide bonds. The van der Waals surface area contributed by atoms with Crippen molar-refractivity contribution in [3.63, 3.8) is 0 Å². The van der Waals surface area contributed by atoms with Crippen LogP contribution in [0.3, 0.4) is 0 Å². The summed E-state index contributed by atoms with van der Waals surface area (Å²) in [5.41, 5.74) is 1.29. The van der Waals surface area contributed by atoms with Gasteiger partial charge in [0.15, 0.2) is 6.10 Å². The first kappa shape index (κ1) is 15.6. The Bertz CT molecular complexity index is 658. The second-order valence-corrected chi connectivity index (χ2v) is 4.87. The molecule has 0 saturated carbocycles. The maximum absolute atomic E-state index is 12.1. The summed E-state index contributed by atoms with van der Waals surface area (Å²) in [6.45, 7) is 3.39. The van der Waals surface area contributed by atoms with Gasteiger partial charge in [0.1, 0.15) is 11.5 Å². The number of allylic oxidation sites excluding steroid dienone is 1. The molecule has 2 aromatic rings. The van der Waals surface area contributed by atoms with Gasteiger partial charge in [-0.1, -0.05) is 42.5 Å². The molecular weight excluding hydrogens is 280 g/mol. The van der Waals surface area contributed by atoms with Crippen LogP contribution in [0.4, 0.5) is 0 Å². The van der Waals surface area contributed by atoms with Crippen molar-refractivity contribution >= 4 is 5.97 Å². The highest BCUT2D eigenvalue weighted by Gasteiger charge is 2.24. The van der Waals surface area contributed by atoms with Gasteiger partial charge in [0.25, 0.3) is 0 Å². The van der Waals surface area contributed by atoms with Crippen LogP contribution < -0.4 is 0 Å². The fourth-order valence-electron chi connectivity index (χ4n) is 2.03. The van der Waals surface area contributed by atoms with Crippen molar-refractivity contribution in [3.05, 3.63) is 71.3 Å². The number of hydrogen-bond donors (Lipinski definition) is 2. The zero-order chi connectivity index (χ0) is 16.1. The van der Waals surface area contributed by atoms with Gasteiger partial charge in [-0.25, -0.2) is 4.79 Å². The van der Waals surface area contributed by atoms with Crippen LogP contribution in [0.2, 0.25) is 0 Å². The number of esters is 1. The minimum atomic E-state index is -0.884. The first-order valence-electron chi connectivity index (χ1n) is 6.94. The van der Waals surface area contributed by atoms with Gasteiger partial charge in [-0.2, -0.15) is 0 Å². The van der Waals surface area contributed by atoms with Crippen molar-refractivity contribution in [3.8, 4) is 11.5 Å². The summed E-state index contributed by atoms with van der Waals surface area (Å²) >= 11 is 0. The number of rotatable bonds is 4. The number of phenols is 2. The molecule has 0 aromatic heterocycles. The largest absolute Gasteiger partial charge is 0.508 e. The van der Waals surface area contributed by atoms with Gasteiger partial charge in [0.2, 0.25) is 0 Å². The standard InChI is InChI=1S/C18H18O4/c1-3-12(2)18(21)22-17(13-8-4-6-10-15(13)19)14-9-5-7-11-16(14)20/h3-11,17,19-20H,1-2H3. The van der Waals surface area contributed by atoms with E-state index in [0.29, 0.717) is 16.7 Å². The molecule has 2 rings (SSSR count). The van der Waals surface area contributed by atoms with Crippen molar-refractivity contribution in [1.29, 1.82) is 0 Å². The van der Waals surface area contributed by atoms with Crippen LogP contribution >= 0.6 is 0 Å². The van der Waals surface area contributed by atoms with E-state index in [1.807, 2.05) is 0 Å². The monoisotopic (exact) mass is 298 g/mol. The molecule has 0 unspecified atom stereocenters. The Labute approximate surface area is 129 Å². The van der Waals surface area contributed by atoms with Crippen LogP contribution in [0.1, 0.15) is 31.1 Å². The van der Waals surface area contributed by atoms with E-state index in [2.05, 4.69) is 0 Å². The number of carbonyl (C=O) groups is 1. The Hall–Kier alpha value is -2.75. The lowest BCUT2D eigenvalue weighted by atomic mass is 9.99. The molecule has 4 nitrogen and oxygen atoms in total. The molecule has 2 N–H and O–H groups in total. The Balaban J connectivity index is 2.49. The first-order valence-corrected chi connectivity index (χ1v) is 6.94. The minimum Gasteiger partial charge on any atom is -0.508 e. The molecule has 114 valence electrons. The zero-order valence-electron chi connectivity index (χ0n) is 12.5.